The number of anilines is 2. The number of hydrogen-bond donors (Lipinski definition) is 2. The first kappa shape index (κ1) is 24.4. The molecule has 0 aliphatic rings. The van der Waals surface area contributed by atoms with Crippen LogP contribution in [0.25, 0.3) is 0 Å². The summed E-state index contributed by atoms with van der Waals surface area (Å²) in [6.07, 6.45) is 0.0809. The predicted octanol–water partition coefficient (Wildman–Crippen LogP) is 5.17. The van der Waals surface area contributed by atoms with Gasteiger partial charge in [-0.15, -0.1) is 0 Å². The van der Waals surface area contributed by atoms with E-state index in [1.165, 1.54) is 12.1 Å². The molecule has 1 amide bonds. The van der Waals surface area contributed by atoms with Gasteiger partial charge in [0.15, 0.2) is 0 Å². The summed E-state index contributed by atoms with van der Waals surface area (Å²) in [5, 5.41) is 2.73. The van der Waals surface area contributed by atoms with Crippen molar-refractivity contribution >= 4 is 38.9 Å². The van der Waals surface area contributed by atoms with Crippen molar-refractivity contribution in [3.8, 4) is 11.5 Å². The smallest absolute Gasteiger partial charge is 0.263 e. The average Bonchev–Trinajstić information content (AvgIpc) is 2.77. The fraction of sp³-hybridized carbons (Fsp3) is 0.208. The van der Waals surface area contributed by atoms with Crippen LogP contribution < -0.4 is 19.5 Å². The first-order chi connectivity index (χ1) is 15.7. The van der Waals surface area contributed by atoms with Crippen LogP contribution in [0.5, 0.6) is 11.5 Å². The zero-order valence-electron chi connectivity index (χ0n) is 18.5. The minimum atomic E-state index is -3.96. The number of methoxy groups -OCH3 is 1. The zero-order chi connectivity index (χ0) is 24.0. The van der Waals surface area contributed by atoms with Crippen LogP contribution in [0.3, 0.4) is 0 Å². The molecule has 0 aromatic heterocycles. The second-order valence-electron chi connectivity index (χ2n) is 7.39. The van der Waals surface area contributed by atoms with Crippen molar-refractivity contribution in [1.82, 2.24) is 0 Å². The van der Waals surface area contributed by atoms with Crippen molar-refractivity contribution < 1.29 is 22.7 Å². The Morgan fingerprint density at radius 1 is 0.970 bits per heavy atom. The number of nitrogens with one attached hydrogen (secondary N) is 2. The van der Waals surface area contributed by atoms with Crippen molar-refractivity contribution in [2.45, 2.75) is 25.2 Å². The van der Waals surface area contributed by atoms with E-state index in [0.29, 0.717) is 22.9 Å². The van der Waals surface area contributed by atoms with Crippen molar-refractivity contribution in [2.24, 2.45) is 0 Å². The molecule has 0 atom stereocenters. The number of amides is 1. The molecule has 3 aromatic carbocycles. The average molecular weight is 489 g/mol. The highest BCUT2D eigenvalue weighted by atomic mass is 35.5. The van der Waals surface area contributed by atoms with Crippen LogP contribution in [0.15, 0.2) is 65.6 Å². The molecular formula is C24H25ClN2O5S. The Morgan fingerprint density at radius 2 is 1.67 bits per heavy atom. The number of halogens is 1. The Balaban J connectivity index is 1.64. The summed E-state index contributed by atoms with van der Waals surface area (Å²) in [7, 11) is -2.39. The number of carbonyl (C=O) groups is 1. The van der Waals surface area contributed by atoms with Crippen LogP contribution in [-0.2, 0) is 14.8 Å². The summed E-state index contributed by atoms with van der Waals surface area (Å²) < 4.78 is 39.1. The molecule has 3 rings (SSSR count). The van der Waals surface area contributed by atoms with Gasteiger partial charge < -0.3 is 14.8 Å². The molecule has 7 nitrogen and oxygen atoms in total. The fourth-order valence-corrected chi connectivity index (χ4v) is 4.73. The minimum absolute atomic E-state index is 0.0492. The maximum atomic E-state index is 12.9. The molecule has 0 fully saturated rings. The quantitative estimate of drug-likeness (QED) is 0.433. The van der Waals surface area contributed by atoms with Gasteiger partial charge in [0.2, 0.25) is 5.91 Å². The third-order valence-corrected chi connectivity index (χ3v) is 6.64. The monoisotopic (exact) mass is 488 g/mol. The lowest BCUT2D eigenvalue weighted by atomic mass is 10.1. The van der Waals surface area contributed by atoms with E-state index in [-0.39, 0.29) is 28.9 Å². The van der Waals surface area contributed by atoms with Crippen molar-refractivity contribution in [3.05, 3.63) is 76.8 Å². The van der Waals surface area contributed by atoms with E-state index < -0.39 is 10.0 Å². The second-order valence-corrected chi connectivity index (χ2v) is 9.45. The van der Waals surface area contributed by atoms with E-state index in [4.69, 9.17) is 21.1 Å². The van der Waals surface area contributed by atoms with Gasteiger partial charge in [0.1, 0.15) is 16.4 Å². The number of carbonyl (C=O) groups excluding carboxylic acids is 1. The van der Waals surface area contributed by atoms with E-state index in [1.807, 2.05) is 26.0 Å². The molecule has 174 valence electrons. The van der Waals surface area contributed by atoms with Gasteiger partial charge in [-0.25, -0.2) is 8.42 Å². The molecule has 0 radical (unpaired) electrons. The number of benzene rings is 3. The lowest BCUT2D eigenvalue weighted by Gasteiger charge is -2.14. The summed E-state index contributed by atoms with van der Waals surface area (Å²) >= 11 is 6.16. The lowest BCUT2D eigenvalue weighted by Crippen LogP contribution is -2.17. The summed E-state index contributed by atoms with van der Waals surface area (Å²) in [5.74, 6) is 0.998. The number of aryl methyl sites for hydroxylation is 2. The highest BCUT2D eigenvalue weighted by molar-refractivity contribution is 7.92. The maximum Gasteiger partial charge on any atom is 0.263 e. The number of hydrogen-bond acceptors (Lipinski definition) is 5. The summed E-state index contributed by atoms with van der Waals surface area (Å²) in [4.78, 5) is 12.2. The van der Waals surface area contributed by atoms with Gasteiger partial charge >= 0.3 is 0 Å². The molecule has 2 N–H and O–H groups in total. The molecule has 0 saturated heterocycles. The lowest BCUT2D eigenvalue weighted by molar-refractivity contribution is -0.116. The van der Waals surface area contributed by atoms with Crippen molar-refractivity contribution in [1.29, 1.82) is 0 Å². The predicted molar refractivity (Wildman–Crippen MR) is 130 cm³/mol. The van der Waals surface area contributed by atoms with E-state index in [9.17, 15) is 13.2 Å². The third kappa shape index (κ3) is 6.63. The van der Waals surface area contributed by atoms with Crippen LogP contribution in [0.1, 0.15) is 17.5 Å². The Labute approximate surface area is 198 Å². The Bertz CT molecular complexity index is 1240. The fourth-order valence-electron chi connectivity index (χ4n) is 3.07. The summed E-state index contributed by atoms with van der Waals surface area (Å²) in [6, 6.07) is 16.7. The maximum absolute atomic E-state index is 12.9. The minimum Gasteiger partial charge on any atom is -0.497 e. The SMILES string of the molecule is COc1ccc(OCCC(=O)Nc2ccc(Cl)c(S(=O)(=O)Nc3ccc(C)cc3C)c2)cc1. The second kappa shape index (κ2) is 10.6. The molecule has 0 aliphatic carbocycles. The molecule has 0 spiro atoms. The van der Waals surface area contributed by atoms with Crippen LogP contribution in [0, 0.1) is 13.8 Å². The molecule has 0 saturated carbocycles. The highest BCUT2D eigenvalue weighted by Gasteiger charge is 2.20. The van der Waals surface area contributed by atoms with Crippen LogP contribution in [0.2, 0.25) is 5.02 Å². The third-order valence-electron chi connectivity index (χ3n) is 4.79. The van der Waals surface area contributed by atoms with Crippen LogP contribution in [0.4, 0.5) is 11.4 Å². The normalized spacial score (nSPS) is 11.0. The zero-order valence-corrected chi connectivity index (χ0v) is 20.1. The topological polar surface area (TPSA) is 93.7 Å². The van der Waals surface area contributed by atoms with Crippen molar-refractivity contribution in [3.63, 3.8) is 0 Å². The van der Waals surface area contributed by atoms with E-state index in [0.717, 1.165) is 11.1 Å². The van der Waals surface area contributed by atoms with E-state index in [1.54, 1.807) is 43.5 Å². The number of rotatable bonds is 9. The Morgan fingerprint density at radius 3 is 2.33 bits per heavy atom. The van der Waals surface area contributed by atoms with E-state index >= 15 is 0 Å². The molecule has 0 bridgehead atoms. The Kier molecular flexibility index (Phi) is 7.84. The van der Waals surface area contributed by atoms with Gasteiger partial charge in [-0.05, 0) is 67.9 Å². The number of ether oxygens (including phenoxy) is 2. The van der Waals surface area contributed by atoms with Gasteiger partial charge in [-0.1, -0.05) is 29.3 Å². The summed E-state index contributed by atoms with van der Waals surface area (Å²) in [5.41, 5.74) is 2.59. The standard InChI is InChI=1S/C24H25ClN2O5S/c1-16-4-11-22(17(2)14-16)27-33(29,30)23-15-18(5-10-21(23)25)26-24(28)12-13-32-20-8-6-19(31-3)7-9-20/h4-11,14-15,27H,12-13H2,1-3H3,(H,26,28). The molecule has 0 heterocycles. The van der Waals surface area contributed by atoms with Crippen LogP contribution in [-0.4, -0.2) is 28.0 Å². The van der Waals surface area contributed by atoms with Crippen LogP contribution >= 0.6 is 11.6 Å². The largest absolute Gasteiger partial charge is 0.497 e. The summed E-state index contributed by atoms with van der Waals surface area (Å²) in [6.45, 7) is 3.90. The molecule has 9 heteroatoms. The molecular weight excluding hydrogens is 464 g/mol. The molecule has 33 heavy (non-hydrogen) atoms. The highest BCUT2D eigenvalue weighted by Crippen LogP contribution is 2.28. The first-order valence-electron chi connectivity index (χ1n) is 10.1. The van der Waals surface area contributed by atoms with Gasteiger partial charge in [0, 0.05) is 5.69 Å². The molecule has 3 aromatic rings. The first-order valence-corrected chi connectivity index (χ1v) is 12.0. The molecule has 0 aliphatic heterocycles. The Hall–Kier alpha value is -3.23. The van der Waals surface area contributed by atoms with Crippen molar-refractivity contribution in [2.75, 3.05) is 23.8 Å². The van der Waals surface area contributed by atoms with Gasteiger partial charge in [0.05, 0.1) is 30.8 Å². The van der Waals surface area contributed by atoms with Gasteiger partial charge in [-0.3, -0.25) is 9.52 Å². The molecule has 0 unspecified atom stereocenters. The number of sulfonamides is 1. The van der Waals surface area contributed by atoms with E-state index in [2.05, 4.69) is 10.0 Å². The van der Waals surface area contributed by atoms with Gasteiger partial charge in [0.25, 0.3) is 10.0 Å². The van der Waals surface area contributed by atoms with Gasteiger partial charge in [-0.2, -0.15) is 0 Å².